The summed E-state index contributed by atoms with van der Waals surface area (Å²) >= 11 is 0. The number of hydrogen-bond donors (Lipinski definition) is 1. The SMILES string of the molecule is CC(C)CCNC(=O)n1cnc2cc(-c3cncnc3)ccc21. The number of nitrogens with zero attached hydrogens (tertiary/aromatic N) is 4. The predicted molar refractivity (Wildman–Crippen MR) is 89.0 cm³/mol. The Labute approximate surface area is 134 Å². The van der Waals surface area contributed by atoms with Gasteiger partial charge in [-0.05, 0) is 30.0 Å². The van der Waals surface area contributed by atoms with Crippen molar-refractivity contribution in [2.24, 2.45) is 5.92 Å². The zero-order chi connectivity index (χ0) is 16.2. The van der Waals surface area contributed by atoms with E-state index < -0.39 is 0 Å². The second-order valence-electron chi connectivity index (χ2n) is 5.86. The second-order valence-corrected chi connectivity index (χ2v) is 5.86. The molecule has 1 amide bonds. The van der Waals surface area contributed by atoms with Gasteiger partial charge in [0.1, 0.15) is 12.7 Å². The molecule has 2 heterocycles. The molecule has 6 nitrogen and oxygen atoms in total. The fourth-order valence-corrected chi connectivity index (χ4v) is 2.36. The predicted octanol–water partition coefficient (Wildman–Crippen LogP) is 3.10. The highest BCUT2D eigenvalue weighted by atomic mass is 16.2. The quantitative estimate of drug-likeness (QED) is 0.803. The van der Waals surface area contributed by atoms with Gasteiger partial charge in [-0.2, -0.15) is 0 Å². The Morgan fingerprint density at radius 2 is 2.00 bits per heavy atom. The summed E-state index contributed by atoms with van der Waals surface area (Å²) in [5, 5.41) is 2.92. The second kappa shape index (κ2) is 6.56. The molecule has 23 heavy (non-hydrogen) atoms. The van der Waals surface area contributed by atoms with Crippen molar-refractivity contribution in [2.45, 2.75) is 20.3 Å². The summed E-state index contributed by atoms with van der Waals surface area (Å²) in [6.45, 7) is 4.93. The van der Waals surface area contributed by atoms with Gasteiger partial charge in [-0.15, -0.1) is 0 Å². The van der Waals surface area contributed by atoms with Gasteiger partial charge in [-0.1, -0.05) is 19.9 Å². The third kappa shape index (κ3) is 3.36. The van der Waals surface area contributed by atoms with Crippen LogP contribution < -0.4 is 5.32 Å². The van der Waals surface area contributed by atoms with Crippen molar-refractivity contribution in [1.29, 1.82) is 0 Å². The molecule has 0 atom stereocenters. The van der Waals surface area contributed by atoms with Crippen molar-refractivity contribution in [2.75, 3.05) is 6.54 Å². The summed E-state index contributed by atoms with van der Waals surface area (Å²) in [4.78, 5) is 24.6. The number of fused-ring (bicyclic) bond motifs is 1. The number of amides is 1. The monoisotopic (exact) mass is 309 g/mol. The van der Waals surface area contributed by atoms with E-state index in [9.17, 15) is 4.79 Å². The van der Waals surface area contributed by atoms with E-state index in [0.717, 1.165) is 28.6 Å². The van der Waals surface area contributed by atoms with Crippen LogP contribution in [0.2, 0.25) is 0 Å². The number of imidazole rings is 1. The van der Waals surface area contributed by atoms with E-state index >= 15 is 0 Å². The topological polar surface area (TPSA) is 72.7 Å². The van der Waals surface area contributed by atoms with Crippen molar-refractivity contribution in [3.05, 3.63) is 43.2 Å². The molecule has 0 aliphatic carbocycles. The lowest BCUT2D eigenvalue weighted by Gasteiger charge is -2.08. The van der Waals surface area contributed by atoms with Crippen LogP contribution in [0.5, 0.6) is 0 Å². The highest BCUT2D eigenvalue weighted by molar-refractivity contribution is 5.91. The van der Waals surface area contributed by atoms with Gasteiger partial charge < -0.3 is 5.32 Å². The molecule has 1 aromatic carbocycles. The van der Waals surface area contributed by atoms with Crippen LogP contribution in [0.15, 0.2) is 43.2 Å². The van der Waals surface area contributed by atoms with Crippen molar-refractivity contribution in [3.63, 3.8) is 0 Å². The number of hydrogen-bond acceptors (Lipinski definition) is 4. The Balaban J connectivity index is 1.83. The lowest BCUT2D eigenvalue weighted by Crippen LogP contribution is -2.29. The van der Waals surface area contributed by atoms with Crippen molar-refractivity contribution < 1.29 is 4.79 Å². The first kappa shape index (κ1) is 15.1. The third-order valence-electron chi connectivity index (χ3n) is 3.66. The van der Waals surface area contributed by atoms with E-state index in [1.807, 2.05) is 18.2 Å². The molecule has 0 radical (unpaired) electrons. The number of rotatable bonds is 4. The number of benzene rings is 1. The number of aromatic nitrogens is 4. The molecule has 0 bridgehead atoms. The van der Waals surface area contributed by atoms with Crippen molar-refractivity contribution >= 4 is 17.1 Å². The summed E-state index contributed by atoms with van der Waals surface area (Å²) in [5.41, 5.74) is 3.45. The maximum Gasteiger partial charge on any atom is 0.327 e. The molecule has 0 aliphatic heterocycles. The first-order chi connectivity index (χ1) is 11.1. The zero-order valence-corrected chi connectivity index (χ0v) is 13.2. The van der Waals surface area contributed by atoms with Crippen LogP contribution in [-0.4, -0.2) is 32.1 Å². The molecule has 0 unspecified atom stereocenters. The molecule has 6 heteroatoms. The Morgan fingerprint density at radius 3 is 2.74 bits per heavy atom. The van der Waals surface area contributed by atoms with Crippen LogP contribution in [-0.2, 0) is 0 Å². The lowest BCUT2D eigenvalue weighted by molar-refractivity contribution is 0.242. The molecule has 0 fully saturated rings. The fraction of sp³-hybridized carbons (Fsp3) is 0.294. The van der Waals surface area contributed by atoms with Gasteiger partial charge in [0.2, 0.25) is 0 Å². The molecular weight excluding hydrogens is 290 g/mol. The van der Waals surface area contributed by atoms with E-state index in [-0.39, 0.29) is 6.03 Å². The van der Waals surface area contributed by atoms with Gasteiger partial charge in [-0.3, -0.25) is 4.57 Å². The molecule has 0 spiro atoms. The van der Waals surface area contributed by atoms with Gasteiger partial charge in [0.15, 0.2) is 0 Å². The van der Waals surface area contributed by atoms with Gasteiger partial charge in [0.05, 0.1) is 11.0 Å². The summed E-state index contributed by atoms with van der Waals surface area (Å²) < 4.78 is 1.54. The highest BCUT2D eigenvalue weighted by Gasteiger charge is 2.10. The molecule has 0 saturated carbocycles. The van der Waals surface area contributed by atoms with Crippen LogP contribution in [0.4, 0.5) is 4.79 Å². The largest absolute Gasteiger partial charge is 0.337 e. The van der Waals surface area contributed by atoms with E-state index in [0.29, 0.717) is 12.5 Å². The maximum absolute atomic E-state index is 12.2. The normalized spacial score (nSPS) is 11.1. The molecular formula is C17H19N5O. The average molecular weight is 309 g/mol. The van der Waals surface area contributed by atoms with Gasteiger partial charge in [-0.25, -0.2) is 19.7 Å². The minimum Gasteiger partial charge on any atom is -0.337 e. The summed E-state index contributed by atoms with van der Waals surface area (Å²) in [5.74, 6) is 0.561. The van der Waals surface area contributed by atoms with Crippen molar-refractivity contribution in [3.8, 4) is 11.1 Å². The molecule has 2 aromatic heterocycles. The lowest BCUT2D eigenvalue weighted by atomic mass is 10.1. The van der Waals surface area contributed by atoms with Crippen LogP contribution in [0.3, 0.4) is 0 Å². The standard InChI is InChI=1S/C17H19N5O/c1-12(2)5-6-20-17(23)22-11-21-15-7-13(3-4-16(15)22)14-8-18-10-19-9-14/h3-4,7-12H,5-6H2,1-2H3,(H,20,23). The van der Waals surface area contributed by atoms with E-state index in [2.05, 4.69) is 34.1 Å². The Morgan fingerprint density at radius 1 is 1.22 bits per heavy atom. The van der Waals surface area contributed by atoms with Crippen LogP contribution in [0, 0.1) is 5.92 Å². The number of nitrogens with one attached hydrogen (secondary N) is 1. The first-order valence-corrected chi connectivity index (χ1v) is 7.66. The number of carbonyl (C=O) groups excluding carboxylic acids is 1. The fourth-order valence-electron chi connectivity index (χ4n) is 2.36. The van der Waals surface area contributed by atoms with Gasteiger partial charge >= 0.3 is 6.03 Å². The third-order valence-corrected chi connectivity index (χ3v) is 3.66. The van der Waals surface area contributed by atoms with E-state index in [4.69, 9.17) is 0 Å². The van der Waals surface area contributed by atoms with E-state index in [1.165, 1.54) is 6.33 Å². The Hall–Kier alpha value is -2.76. The van der Waals surface area contributed by atoms with Gasteiger partial charge in [0, 0.05) is 24.5 Å². The summed E-state index contributed by atoms with van der Waals surface area (Å²) in [6, 6.07) is 5.63. The minimum atomic E-state index is -0.149. The highest BCUT2D eigenvalue weighted by Crippen LogP contribution is 2.22. The smallest absolute Gasteiger partial charge is 0.327 e. The van der Waals surface area contributed by atoms with Crippen LogP contribution in [0.25, 0.3) is 22.2 Å². The number of carbonyl (C=O) groups is 1. The summed E-state index contributed by atoms with van der Waals surface area (Å²) in [6.07, 6.45) is 7.52. The molecule has 3 aromatic rings. The molecule has 0 aliphatic rings. The minimum absolute atomic E-state index is 0.149. The average Bonchev–Trinajstić information content (AvgIpc) is 2.98. The Kier molecular flexibility index (Phi) is 4.32. The molecule has 118 valence electrons. The summed E-state index contributed by atoms with van der Waals surface area (Å²) in [7, 11) is 0. The molecule has 0 saturated heterocycles. The van der Waals surface area contributed by atoms with E-state index in [1.54, 1.807) is 23.3 Å². The molecule has 3 rings (SSSR count). The Bertz CT molecular complexity index is 810. The van der Waals surface area contributed by atoms with Gasteiger partial charge in [0.25, 0.3) is 0 Å². The van der Waals surface area contributed by atoms with Crippen LogP contribution >= 0.6 is 0 Å². The molecule has 1 N–H and O–H groups in total. The first-order valence-electron chi connectivity index (χ1n) is 7.66. The zero-order valence-electron chi connectivity index (χ0n) is 13.2. The maximum atomic E-state index is 12.2. The van der Waals surface area contributed by atoms with Crippen molar-refractivity contribution in [1.82, 2.24) is 24.8 Å². The van der Waals surface area contributed by atoms with Crippen LogP contribution in [0.1, 0.15) is 20.3 Å².